The summed E-state index contributed by atoms with van der Waals surface area (Å²) in [5.74, 6) is 0. The summed E-state index contributed by atoms with van der Waals surface area (Å²) in [6.07, 6.45) is 4.17. The number of carbonyl (C=O) groups excluding carboxylic acids is 1. The highest BCUT2D eigenvalue weighted by Gasteiger charge is 2.16. The number of hydrogen-bond donors (Lipinski definition) is 0. The van der Waals surface area contributed by atoms with Gasteiger partial charge in [0.25, 0.3) is 0 Å². The summed E-state index contributed by atoms with van der Waals surface area (Å²) in [7, 11) is 0. The van der Waals surface area contributed by atoms with Gasteiger partial charge in [0.05, 0.1) is 25.7 Å². The third-order valence-corrected chi connectivity index (χ3v) is 2.92. The van der Waals surface area contributed by atoms with Crippen LogP contribution in [0.3, 0.4) is 0 Å². The van der Waals surface area contributed by atoms with Crippen molar-refractivity contribution in [2.24, 2.45) is 0 Å². The van der Waals surface area contributed by atoms with Crippen molar-refractivity contribution in [3.05, 3.63) is 18.2 Å². The molecule has 0 spiro atoms. The lowest BCUT2D eigenvalue weighted by atomic mass is 10.2. The molecule has 2 rings (SSSR count). The molecule has 0 radical (unpaired) electrons. The molecule has 1 aromatic rings. The molecule has 5 nitrogen and oxygen atoms in total. The Morgan fingerprint density at radius 3 is 3.00 bits per heavy atom. The largest absolute Gasteiger partial charge is 0.379 e. The van der Waals surface area contributed by atoms with Crippen molar-refractivity contribution < 1.29 is 9.53 Å². The predicted octanol–water partition coefficient (Wildman–Crippen LogP) is 0.589. The number of aromatic nitrogens is 2. The maximum Gasteiger partial charge on any atom is 0.168 e. The molecule has 0 aliphatic carbocycles. The number of carbonyl (C=O) groups is 1. The number of morpholine rings is 1. The molecule has 0 amide bonds. The summed E-state index contributed by atoms with van der Waals surface area (Å²) in [5.41, 5.74) is 0.640. The van der Waals surface area contributed by atoms with Crippen LogP contribution >= 0.6 is 0 Å². The SMILES string of the molecule is CC(CN1CCOCC1)n1cncc1C=O. The lowest BCUT2D eigenvalue weighted by molar-refractivity contribution is 0.0324. The summed E-state index contributed by atoms with van der Waals surface area (Å²) in [4.78, 5) is 17.1. The van der Waals surface area contributed by atoms with Crippen LogP contribution in [-0.4, -0.2) is 53.6 Å². The highest BCUT2D eigenvalue weighted by molar-refractivity contribution is 5.71. The van der Waals surface area contributed by atoms with Gasteiger partial charge < -0.3 is 9.30 Å². The van der Waals surface area contributed by atoms with Crippen LogP contribution in [0.15, 0.2) is 12.5 Å². The Morgan fingerprint density at radius 1 is 1.56 bits per heavy atom. The molecule has 1 saturated heterocycles. The fourth-order valence-corrected chi connectivity index (χ4v) is 2.02. The van der Waals surface area contributed by atoms with Gasteiger partial charge in [-0.2, -0.15) is 0 Å². The first-order valence-corrected chi connectivity index (χ1v) is 5.58. The summed E-state index contributed by atoms with van der Waals surface area (Å²) in [6.45, 7) is 6.57. The van der Waals surface area contributed by atoms with Gasteiger partial charge in [-0.3, -0.25) is 9.69 Å². The van der Waals surface area contributed by atoms with E-state index in [0.717, 1.165) is 39.1 Å². The van der Waals surface area contributed by atoms with E-state index in [-0.39, 0.29) is 6.04 Å². The number of hydrogen-bond acceptors (Lipinski definition) is 4. The van der Waals surface area contributed by atoms with E-state index in [1.807, 2.05) is 4.57 Å². The molecular formula is C11H17N3O2. The Kier molecular flexibility index (Phi) is 3.69. The minimum atomic E-state index is 0.265. The minimum absolute atomic E-state index is 0.265. The molecule has 88 valence electrons. The predicted molar refractivity (Wildman–Crippen MR) is 59.6 cm³/mol. The second kappa shape index (κ2) is 5.23. The molecular weight excluding hydrogens is 206 g/mol. The van der Waals surface area contributed by atoms with E-state index in [1.165, 1.54) is 0 Å². The van der Waals surface area contributed by atoms with Gasteiger partial charge in [-0.1, -0.05) is 0 Å². The van der Waals surface area contributed by atoms with Gasteiger partial charge in [0.2, 0.25) is 0 Å². The molecule has 0 bridgehead atoms. The van der Waals surface area contributed by atoms with Gasteiger partial charge in [-0.25, -0.2) is 4.98 Å². The number of ether oxygens (including phenoxy) is 1. The average Bonchev–Trinajstić information content (AvgIpc) is 2.78. The van der Waals surface area contributed by atoms with Crippen molar-refractivity contribution in [1.82, 2.24) is 14.5 Å². The van der Waals surface area contributed by atoms with E-state index in [4.69, 9.17) is 4.74 Å². The first-order valence-electron chi connectivity index (χ1n) is 5.58. The number of rotatable bonds is 4. The lowest BCUT2D eigenvalue weighted by Crippen LogP contribution is -2.39. The molecule has 5 heteroatoms. The Labute approximate surface area is 95.0 Å². The fourth-order valence-electron chi connectivity index (χ4n) is 2.02. The van der Waals surface area contributed by atoms with Crippen LogP contribution < -0.4 is 0 Å². The normalized spacial score (nSPS) is 19.6. The van der Waals surface area contributed by atoms with Gasteiger partial charge in [-0.15, -0.1) is 0 Å². The van der Waals surface area contributed by atoms with Crippen LogP contribution in [0.2, 0.25) is 0 Å². The van der Waals surface area contributed by atoms with Crippen molar-refractivity contribution >= 4 is 6.29 Å². The zero-order valence-electron chi connectivity index (χ0n) is 9.50. The third-order valence-electron chi connectivity index (χ3n) is 2.92. The van der Waals surface area contributed by atoms with E-state index >= 15 is 0 Å². The van der Waals surface area contributed by atoms with Gasteiger partial charge in [0, 0.05) is 25.7 Å². The van der Waals surface area contributed by atoms with Crippen LogP contribution in [0, 0.1) is 0 Å². The number of nitrogens with zero attached hydrogens (tertiary/aromatic N) is 3. The minimum Gasteiger partial charge on any atom is -0.379 e. The summed E-state index contributed by atoms with van der Waals surface area (Å²) >= 11 is 0. The topological polar surface area (TPSA) is 47.4 Å². The van der Waals surface area contributed by atoms with Crippen LogP contribution in [0.5, 0.6) is 0 Å². The van der Waals surface area contributed by atoms with E-state index in [2.05, 4.69) is 16.8 Å². The van der Waals surface area contributed by atoms with Crippen molar-refractivity contribution in [3.8, 4) is 0 Å². The van der Waals surface area contributed by atoms with Gasteiger partial charge >= 0.3 is 0 Å². The maximum absolute atomic E-state index is 10.8. The summed E-state index contributed by atoms with van der Waals surface area (Å²) in [6, 6.07) is 0.265. The van der Waals surface area contributed by atoms with Crippen LogP contribution in [0.25, 0.3) is 0 Å². The van der Waals surface area contributed by atoms with Crippen molar-refractivity contribution in [3.63, 3.8) is 0 Å². The first kappa shape index (κ1) is 11.3. The second-order valence-electron chi connectivity index (χ2n) is 4.11. The van der Waals surface area contributed by atoms with Crippen molar-refractivity contribution in [2.45, 2.75) is 13.0 Å². The summed E-state index contributed by atoms with van der Waals surface area (Å²) < 4.78 is 7.22. The van der Waals surface area contributed by atoms with Gasteiger partial charge in [0.15, 0.2) is 6.29 Å². The van der Waals surface area contributed by atoms with E-state index < -0.39 is 0 Å². The Bertz CT molecular complexity index is 345. The second-order valence-corrected chi connectivity index (χ2v) is 4.11. The van der Waals surface area contributed by atoms with E-state index in [1.54, 1.807) is 12.5 Å². The molecule has 0 aromatic carbocycles. The molecule has 1 aromatic heterocycles. The lowest BCUT2D eigenvalue weighted by Gasteiger charge is -2.29. The Hall–Kier alpha value is -1.20. The van der Waals surface area contributed by atoms with Crippen LogP contribution in [-0.2, 0) is 4.74 Å². The zero-order valence-corrected chi connectivity index (χ0v) is 9.50. The highest BCUT2D eigenvalue weighted by Crippen LogP contribution is 2.11. The average molecular weight is 223 g/mol. The molecule has 1 unspecified atom stereocenters. The Morgan fingerprint density at radius 2 is 2.31 bits per heavy atom. The maximum atomic E-state index is 10.8. The molecule has 16 heavy (non-hydrogen) atoms. The Balaban J connectivity index is 1.96. The molecule has 0 N–H and O–H groups in total. The molecule has 1 atom stereocenters. The van der Waals surface area contributed by atoms with E-state index in [0.29, 0.717) is 5.69 Å². The molecule has 1 fully saturated rings. The molecule has 2 heterocycles. The van der Waals surface area contributed by atoms with Crippen molar-refractivity contribution in [1.29, 1.82) is 0 Å². The van der Waals surface area contributed by atoms with Gasteiger partial charge in [0.1, 0.15) is 5.69 Å². The van der Waals surface area contributed by atoms with Crippen LogP contribution in [0.4, 0.5) is 0 Å². The summed E-state index contributed by atoms with van der Waals surface area (Å²) in [5, 5.41) is 0. The quantitative estimate of drug-likeness (QED) is 0.701. The van der Waals surface area contributed by atoms with Crippen LogP contribution in [0.1, 0.15) is 23.5 Å². The van der Waals surface area contributed by atoms with Crippen molar-refractivity contribution in [2.75, 3.05) is 32.8 Å². The molecule has 1 aliphatic rings. The molecule has 0 saturated carbocycles. The first-order chi connectivity index (χ1) is 7.81. The highest BCUT2D eigenvalue weighted by atomic mass is 16.5. The number of aldehydes is 1. The monoisotopic (exact) mass is 223 g/mol. The standard InChI is InChI=1S/C11H17N3O2/c1-10(7-13-2-4-16-5-3-13)14-9-12-6-11(14)8-15/h6,8-10H,2-5,7H2,1H3. The van der Waals surface area contributed by atoms with Gasteiger partial charge in [-0.05, 0) is 6.92 Å². The third kappa shape index (κ3) is 2.48. The smallest absolute Gasteiger partial charge is 0.168 e. The number of imidazole rings is 1. The fraction of sp³-hybridized carbons (Fsp3) is 0.636. The van der Waals surface area contributed by atoms with E-state index in [9.17, 15) is 4.79 Å². The zero-order chi connectivity index (χ0) is 11.4. The molecule has 1 aliphatic heterocycles.